The number of nitrogens with one attached hydrogen (secondary N) is 2. The maximum absolute atomic E-state index is 11.6. The van der Waals surface area contributed by atoms with E-state index in [-0.39, 0.29) is 11.7 Å². The fourth-order valence-electron chi connectivity index (χ4n) is 1.17. The highest BCUT2D eigenvalue weighted by Crippen LogP contribution is 2.05. The first-order valence-corrected chi connectivity index (χ1v) is 5.21. The van der Waals surface area contributed by atoms with Gasteiger partial charge in [0.15, 0.2) is 5.78 Å². The number of carbonyl (C=O) groups excluding carboxylic acids is 2. The van der Waals surface area contributed by atoms with Crippen LogP contribution in [0.4, 0.5) is 0 Å². The lowest BCUT2D eigenvalue weighted by Gasteiger charge is -2.22. The van der Waals surface area contributed by atoms with E-state index in [1.807, 2.05) is 0 Å². The second-order valence-electron chi connectivity index (χ2n) is 4.31. The van der Waals surface area contributed by atoms with Crippen molar-refractivity contribution in [2.24, 2.45) is 0 Å². The lowest BCUT2D eigenvalue weighted by molar-refractivity contribution is -0.129. The number of amides is 1. The lowest BCUT2D eigenvalue weighted by atomic mass is 10.0. The van der Waals surface area contributed by atoms with Gasteiger partial charge in [0.25, 0.3) is 0 Å². The average Bonchev–Trinajstić information content (AvgIpc) is 2.66. The van der Waals surface area contributed by atoms with Crippen molar-refractivity contribution in [3.63, 3.8) is 0 Å². The monoisotopic (exact) mass is 223 g/mol. The minimum atomic E-state index is -0.787. The molecule has 0 aliphatic carbocycles. The van der Waals surface area contributed by atoms with Gasteiger partial charge < -0.3 is 10.3 Å². The van der Waals surface area contributed by atoms with Crippen molar-refractivity contribution in [2.75, 3.05) is 0 Å². The smallest absolute Gasteiger partial charge is 0.221 e. The molecule has 88 valence electrons. The number of aromatic amines is 1. The van der Waals surface area contributed by atoms with Crippen LogP contribution >= 0.6 is 0 Å². The van der Waals surface area contributed by atoms with Gasteiger partial charge in [0.05, 0.1) is 11.9 Å². The number of imidazole rings is 1. The van der Waals surface area contributed by atoms with Crippen LogP contribution in [0, 0.1) is 0 Å². The van der Waals surface area contributed by atoms with Crippen LogP contribution in [-0.2, 0) is 16.0 Å². The van der Waals surface area contributed by atoms with Crippen molar-refractivity contribution in [3.05, 3.63) is 18.2 Å². The SMILES string of the molecule is CC(=O)C(C)(C)NC(=O)CCc1cnc[nH]1. The third-order valence-electron chi connectivity index (χ3n) is 2.51. The third-order valence-corrected chi connectivity index (χ3v) is 2.51. The van der Waals surface area contributed by atoms with E-state index >= 15 is 0 Å². The van der Waals surface area contributed by atoms with Gasteiger partial charge in [0.2, 0.25) is 5.91 Å². The predicted octanol–water partition coefficient (Wildman–Crippen LogP) is 0.826. The number of H-pyrrole nitrogens is 1. The molecule has 0 saturated carbocycles. The topological polar surface area (TPSA) is 74.8 Å². The molecule has 0 spiro atoms. The van der Waals surface area contributed by atoms with Crippen LogP contribution in [0.2, 0.25) is 0 Å². The summed E-state index contributed by atoms with van der Waals surface area (Å²) in [6, 6.07) is 0. The van der Waals surface area contributed by atoms with Crippen molar-refractivity contribution >= 4 is 11.7 Å². The molecular formula is C11H17N3O2. The first-order chi connectivity index (χ1) is 7.42. The van der Waals surface area contributed by atoms with E-state index in [1.165, 1.54) is 6.92 Å². The molecule has 1 aromatic rings. The van der Waals surface area contributed by atoms with Crippen LogP contribution in [0.1, 0.15) is 32.9 Å². The fourth-order valence-corrected chi connectivity index (χ4v) is 1.17. The van der Waals surface area contributed by atoms with E-state index in [9.17, 15) is 9.59 Å². The summed E-state index contributed by atoms with van der Waals surface area (Å²) in [5, 5.41) is 2.70. The Balaban J connectivity index is 2.39. The van der Waals surface area contributed by atoms with Crippen LogP contribution in [0.15, 0.2) is 12.5 Å². The summed E-state index contributed by atoms with van der Waals surface area (Å²) >= 11 is 0. The van der Waals surface area contributed by atoms with Crippen LogP contribution < -0.4 is 5.32 Å². The average molecular weight is 223 g/mol. The molecule has 1 heterocycles. The van der Waals surface area contributed by atoms with Gasteiger partial charge in [-0.05, 0) is 27.2 Å². The van der Waals surface area contributed by atoms with Crippen molar-refractivity contribution in [1.82, 2.24) is 15.3 Å². The first-order valence-electron chi connectivity index (χ1n) is 5.21. The highest BCUT2D eigenvalue weighted by molar-refractivity contribution is 5.90. The number of aromatic nitrogens is 2. The standard InChI is InChI=1S/C11H17N3O2/c1-8(15)11(2,3)14-10(16)5-4-9-6-12-7-13-9/h6-7H,4-5H2,1-3H3,(H,12,13)(H,14,16). The fraction of sp³-hybridized carbons (Fsp3) is 0.545. The van der Waals surface area contributed by atoms with E-state index < -0.39 is 5.54 Å². The van der Waals surface area contributed by atoms with E-state index in [1.54, 1.807) is 26.4 Å². The molecule has 1 aromatic heterocycles. The zero-order chi connectivity index (χ0) is 12.2. The van der Waals surface area contributed by atoms with Gasteiger partial charge in [0.1, 0.15) is 0 Å². The Kier molecular flexibility index (Phi) is 3.82. The molecule has 0 aromatic carbocycles. The van der Waals surface area contributed by atoms with Gasteiger partial charge in [-0.15, -0.1) is 0 Å². The minimum absolute atomic E-state index is 0.0533. The summed E-state index contributed by atoms with van der Waals surface area (Å²) in [5.74, 6) is -0.183. The van der Waals surface area contributed by atoms with Crippen LogP contribution in [-0.4, -0.2) is 27.2 Å². The molecule has 5 nitrogen and oxygen atoms in total. The summed E-state index contributed by atoms with van der Waals surface area (Å²) in [4.78, 5) is 29.5. The summed E-state index contributed by atoms with van der Waals surface area (Å²) in [7, 11) is 0. The van der Waals surface area contributed by atoms with Crippen molar-refractivity contribution in [2.45, 2.75) is 39.2 Å². The molecule has 0 saturated heterocycles. The summed E-state index contributed by atoms with van der Waals surface area (Å²) in [6.07, 6.45) is 4.20. The van der Waals surface area contributed by atoms with Gasteiger partial charge in [-0.1, -0.05) is 0 Å². The summed E-state index contributed by atoms with van der Waals surface area (Å²) in [6.45, 7) is 4.86. The number of hydrogen-bond donors (Lipinski definition) is 2. The molecule has 5 heteroatoms. The molecule has 2 N–H and O–H groups in total. The van der Waals surface area contributed by atoms with E-state index in [2.05, 4.69) is 15.3 Å². The normalized spacial score (nSPS) is 11.2. The number of nitrogens with zero attached hydrogens (tertiary/aromatic N) is 1. The van der Waals surface area contributed by atoms with E-state index in [4.69, 9.17) is 0 Å². The summed E-state index contributed by atoms with van der Waals surface area (Å²) < 4.78 is 0. The van der Waals surface area contributed by atoms with Crippen LogP contribution in [0.5, 0.6) is 0 Å². The second-order valence-corrected chi connectivity index (χ2v) is 4.31. The number of rotatable bonds is 5. The molecule has 0 unspecified atom stereocenters. The number of carbonyl (C=O) groups is 2. The van der Waals surface area contributed by atoms with Crippen LogP contribution in [0.25, 0.3) is 0 Å². The molecule has 0 fully saturated rings. The Labute approximate surface area is 94.7 Å². The van der Waals surface area contributed by atoms with Gasteiger partial charge in [-0.2, -0.15) is 0 Å². The zero-order valence-electron chi connectivity index (χ0n) is 9.83. The molecular weight excluding hydrogens is 206 g/mol. The Morgan fingerprint density at radius 1 is 1.50 bits per heavy atom. The number of ketones is 1. The molecule has 0 bridgehead atoms. The Hall–Kier alpha value is -1.65. The van der Waals surface area contributed by atoms with Gasteiger partial charge in [-0.25, -0.2) is 4.98 Å². The van der Waals surface area contributed by atoms with Crippen LogP contribution in [0.3, 0.4) is 0 Å². The quantitative estimate of drug-likeness (QED) is 0.776. The Morgan fingerprint density at radius 2 is 2.19 bits per heavy atom. The highest BCUT2D eigenvalue weighted by atomic mass is 16.2. The predicted molar refractivity (Wildman–Crippen MR) is 59.8 cm³/mol. The molecule has 0 aliphatic heterocycles. The second kappa shape index (κ2) is 4.92. The number of Topliss-reactive ketones (excluding diaryl/α,β-unsaturated/α-hetero) is 1. The summed E-state index contributed by atoms with van der Waals surface area (Å²) in [5.41, 5.74) is 0.126. The molecule has 1 amide bonds. The minimum Gasteiger partial charge on any atom is -0.348 e. The zero-order valence-corrected chi connectivity index (χ0v) is 9.83. The Morgan fingerprint density at radius 3 is 2.69 bits per heavy atom. The van der Waals surface area contributed by atoms with Crippen molar-refractivity contribution in [1.29, 1.82) is 0 Å². The molecule has 0 atom stereocenters. The van der Waals surface area contributed by atoms with Crippen molar-refractivity contribution in [3.8, 4) is 0 Å². The molecule has 0 radical (unpaired) electrons. The third kappa shape index (κ3) is 3.49. The van der Waals surface area contributed by atoms with Gasteiger partial charge in [0, 0.05) is 18.3 Å². The lowest BCUT2D eigenvalue weighted by Crippen LogP contribution is -2.48. The maximum atomic E-state index is 11.6. The van der Waals surface area contributed by atoms with Gasteiger partial charge >= 0.3 is 0 Å². The highest BCUT2D eigenvalue weighted by Gasteiger charge is 2.25. The molecule has 16 heavy (non-hydrogen) atoms. The van der Waals surface area contributed by atoms with E-state index in [0.29, 0.717) is 12.8 Å². The van der Waals surface area contributed by atoms with Gasteiger partial charge in [-0.3, -0.25) is 9.59 Å². The largest absolute Gasteiger partial charge is 0.348 e. The number of hydrogen-bond acceptors (Lipinski definition) is 3. The Bertz CT molecular complexity index is 369. The number of aryl methyl sites for hydroxylation is 1. The van der Waals surface area contributed by atoms with Crippen molar-refractivity contribution < 1.29 is 9.59 Å². The molecule has 1 rings (SSSR count). The molecule has 0 aliphatic rings. The first kappa shape index (κ1) is 12.4. The van der Waals surface area contributed by atoms with E-state index in [0.717, 1.165) is 5.69 Å². The maximum Gasteiger partial charge on any atom is 0.221 e.